The van der Waals surface area contributed by atoms with Gasteiger partial charge in [0.05, 0.1) is 12.6 Å². The molecular formula is C21H23NO4. The van der Waals surface area contributed by atoms with Crippen molar-refractivity contribution >= 4 is 5.91 Å². The average Bonchev–Trinajstić information content (AvgIpc) is 2.71. The van der Waals surface area contributed by atoms with Gasteiger partial charge >= 0.3 is 0 Å². The number of aryl methyl sites for hydroxylation is 1. The molecule has 0 N–H and O–H groups in total. The number of amides is 1. The molecule has 1 unspecified atom stereocenters. The third-order valence-electron chi connectivity index (χ3n) is 5.11. The summed E-state index contributed by atoms with van der Waals surface area (Å²) < 4.78 is 16.9. The molecule has 0 fully saturated rings. The van der Waals surface area contributed by atoms with E-state index in [-0.39, 0.29) is 11.9 Å². The Labute approximate surface area is 153 Å². The van der Waals surface area contributed by atoms with Crippen LogP contribution in [0.4, 0.5) is 0 Å². The van der Waals surface area contributed by atoms with Crippen LogP contribution in [0.25, 0.3) is 0 Å². The van der Waals surface area contributed by atoms with Crippen LogP contribution in [-0.2, 0) is 6.42 Å². The van der Waals surface area contributed by atoms with E-state index in [1.54, 1.807) is 4.90 Å². The number of carbonyl (C=O) groups excluding carboxylic acids is 1. The smallest absolute Gasteiger partial charge is 0.254 e. The van der Waals surface area contributed by atoms with Gasteiger partial charge in [-0.2, -0.15) is 0 Å². The zero-order valence-electron chi connectivity index (χ0n) is 15.2. The van der Waals surface area contributed by atoms with Gasteiger partial charge in [-0.25, -0.2) is 0 Å². The van der Waals surface area contributed by atoms with E-state index in [1.165, 1.54) is 0 Å². The lowest BCUT2D eigenvalue weighted by Crippen LogP contribution is -2.30. The van der Waals surface area contributed by atoms with Crippen molar-refractivity contribution in [1.29, 1.82) is 0 Å². The van der Waals surface area contributed by atoms with Gasteiger partial charge in [0.15, 0.2) is 11.5 Å². The summed E-state index contributed by atoms with van der Waals surface area (Å²) in [6.07, 6.45) is 1.95. The number of ether oxygens (including phenoxy) is 3. The molecule has 0 bridgehead atoms. The van der Waals surface area contributed by atoms with Crippen LogP contribution in [0.3, 0.4) is 0 Å². The van der Waals surface area contributed by atoms with Gasteiger partial charge in [0.2, 0.25) is 0 Å². The van der Waals surface area contributed by atoms with Crippen LogP contribution >= 0.6 is 0 Å². The maximum atomic E-state index is 13.0. The Morgan fingerprint density at radius 3 is 2.54 bits per heavy atom. The Bertz CT molecular complexity index is 833. The summed E-state index contributed by atoms with van der Waals surface area (Å²) in [5.74, 6) is 2.40. The fourth-order valence-corrected chi connectivity index (χ4v) is 3.42. The van der Waals surface area contributed by atoms with E-state index < -0.39 is 0 Å². The molecule has 0 aromatic heterocycles. The third kappa shape index (κ3) is 3.09. The van der Waals surface area contributed by atoms with Crippen molar-refractivity contribution in [2.24, 2.45) is 0 Å². The van der Waals surface area contributed by atoms with Crippen LogP contribution in [0.1, 0.15) is 40.9 Å². The molecule has 0 spiro atoms. The van der Waals surface area contributed by atoms with Crippen molar-refractivity contribution in [2.75, 3.05) is 26.9 Å². The molecule has 2 heterocycles. The summed E-state index contributed by atoms with van der Waals surface area (Å²) in [5, 5.41) is 0. The van der Waals surface area contributed by atoms with E-state index in [2.05, 4.69) is 0 Å². The summed E-state index contributed by atoms with van der Waals surface area (Å²) in [6.45, 7) is 3.89. The van der Waals surface area contributed by atoms with Crippen LogP contribution in [0.2, 0.25) is 0 Å². The molecule has 2 aromatic rings. The summed E-state index contributed by atoms with van der Waals surface area (Å²) in [6, 6.07) is 11.5. The predicted molar refractivity (Wildman–Crippen MR) is 98.2 cm³/mol. The largest absolute Gasteiger partial charge is 0.493 e. The van der Waals surface area contributed by atoms with Crippen LogP contribution in [0.15, 0.2) is 36.4 Å². The standard InChI is InChI=1S/C21H23NO4/c1-14(15-5-8-19-20(13-15)26-11-10-25-19)22(2)21(23)17-6-7-18-16(12-17)4-3-9-24-18/h5-8,12-14H,3-4,9-11H2,1-2H3. The Morgan fingerprint density at radius 2 is 1.69 bits per heavy atom. The lowest BCUT2D eigenvalue weighted by Gasteiger charge is -2.27. The molecule has 26 heavy (non-hydrogen) atoms. The maximum Gasteiger partial charge on any atom is 0.254 e. The predicted octanol–water partition coefficient (Wildman–Crippen LogP) is 3.62. The maximum absolute atomic E-state index is 13.0. The number of hydrogen-bond donors (Lipinski definition) is 0. The number of hydrogen-bond acceptors (Lipinski definition) is 4. The normalized spacial score (nSPS) is 16.2. The molecule has 5 heteroatoms. The first-order valence-corrected chi connectivity index (χ1v) is 9.06. The number of carbonyl (C=O) groups is 1. The molecule has 0 saturated heterocycles. The average molecular weight is 353 g/mol. The molecule has 1 amide bonds. The van der Waals surface area contributed by atoms with Crippen LogP contribution in [0, 0.1) is 0 Å². The summed E-state index contributed by atoms with van der Waals surface area (Å²) in [7, 11) is 1.83. The number of fused-ring (bicyclic) bond motifs is 2. The van der Waals surface area contributed by atoms with Gasteiger partial charge in [0.1, 0.15) is 19.0 Å². The Hall–Kier alpha value is -2.69. The lowest BCUT2D eigenvalue weighted by atomic mass is 10.0. The molecule has 0 saturated carbocycles. The zero-order valence-corrected chi connectivity index (χ0v) is 15.2. The highest BCUT2D eigenvalue weighted by atomic mass is 16.6. The molecule has 0 aliphatic carbocycles. The molecule has 0 radical (unpaired) electrons. The summed E-state index contributed by atoms with van der Waals surface area (Å²) in [5.41, 5.74) is 2.83. The first-order chi connectivity index (χ1) is 12.6. The first-order valence-electron chi connectivity index (χ1n) is 9.06. The summed E-state index contributed by atoms with van der Waals surface area (Å²) >= 11 is 0. The summed E-state index contributed by atoms with van der Waals surface area (Å²) in [4.78, 5) is 14.7. The fourth-order valence-electron chi connectivity index (χ4n) is 3.42. The van der Waals surface area contributed by atoms with Crippen molar-refractivity contribution < 1.29 is 19.0 Å². The molecule has 2 aliphatic heterocycles. The van der Waals surface area contributed by atoms with Crippen LogP contribution < -0.4 is 14.2 Å². The van der Waals surface area contributed by atoms with Crippen LogP contribution in [0.5, 0.6) is 17.2 Å². The lowest BCUT2D eigenvalue weighted by molar-refractivity contribution is 0.0742. The number of benzene rings is 2. The van der Waals surface area contributed by atoms with Gasteiger partial charge in [-0.15, -0.1) is 0 Å². The number of nitrogens with zero attached hydrogens (tertiary/aromatic N) is 1. The second kappa shape index (κ2) is 6.90. The second-order valence-electron chi connectivity index (χ2n) is 6.77. The molecule has 5 nitrogen and oxygen atoms in total. The van der Waals surface area contributed by atoms with E-state index in [4.69, 9.17) is 14.2 Å². The zero-order chi connectivity index (χ0) is 18.1. The van der Waals surface area contributed by atoms with E-state index in [0.29, 0.717) is 18.8 Å². The van der Waals surface area contributed by atoms with Crippen molar-refractivity contribution in [1.82, 2.24) is 4.90 Å². The van der Waals surface area contributed by atoms with Crippen molar-refractivity contribution in [3.05, 3.63) is 53.1 Å². The van der Waals surface area contributed by atoms with Crippen molar-refractivity contribution in [3.8, 4) is 17.2 Å². The fraction of sp³-hybridized carbons (Fsp3) is 0.381. The molecule has 136 valence electrons. The van der Waals surface area contributed by atoms with E-state index in [1.807, 2.05) is 50.4 Å². The molecule has 4 rings (SSSR count). The topological polar surface area (TPSA) is 48.0 Å². The SMILES string of the molecule is CC(c1ccc2c(c1)OCCO2)N(C)C(=O)c1ccc2c(c1)CCCO2. The molecule has 2 aliphatic rings. The first kappa shape index (κ1) is 16.8. The molecular weight excluding hydrogens is 330 g/mol. The minimum atomic E-state index is -0.0781. The number of rotatable bonds is 3. The van der Waals surface area contributed by atoms with Crippen molar-refractivity contribution in [2.45, 2.75) is 25.8 Å². The quantitative estimate of drug-likeness (QED) is 0.846. The molecule has 1 atom stereocenters. The van der Waals surface area contributed by atoms with Gasteiger partial charge in [-0.3, -0.25) is 4.79 Å². The highest BCUT2D eigenvalue weighted by molar-refractivity contribution is 5.94. The molecule has 2 aromatic carbocycles. The second-order valence-corrected chi connectivity index (χ2v) is 6.77. The minimum absolute atomic E-state index is 0.000706. The third-order valence-corrected chi connectivity index (χ3v) is 5.11. The minimum Gasteiger partial charge on any atom is -0.493 e. The van der Waals surface area contributed by atoms with Gasteiger partial charge in [-0.1, -0.05) is 6.07 Å². The van der Waals surface area contributed by atoms with Gasteiger partial charge in [-0.05, 0) is 61.2 Å². The monoisotopic (exact) mass is 353 g/mol. The van der Waals surface area contributed by atoms with E-state index in [9.17, 15) is 4.79 Å². The van der Waals surface area contributed by atoms with E-state index >= 15 is 0 Å². The van der Waals surface area contributed by atoms with Crippen molar-refractivity contribution in [3.63, 3.8) is 0 Å². The van der Waals surface area contributed by atoms with Gasteiger partial charge < -0.3 is 19.1 Å². The van der Waals surface area contributed by atoms with Crippen LogP contribution in [-0.4, -0.2) is 37.7 Å². The highest BCUT2D eigenvalue weighted by Crippen LogP contribution is 2.34. The Balaban J connectivity index is 1.54. The van der Waals surface area contributed by atoms with Gasteiger partial charge in [0.25, 0.3) is 5.91 Å². The Morgan fingerprint density at radius 1 is 0.962 bits per heavy atom. The highest BCUT2D eigenvalue weighted by Gasteiger charge is 2.22. The Kier molecular flexibility index (Phi) is 4.45. The van der Waals surface area contributed by atoms with E-state index in [0.717, 1.165) is 47.8 Å². The van der Waals surface area contributed by atoms with Gasteiger partial charge in [0, 0.05) is 12.6 Å².